The van der Waals surface area contributed by atoms with E-state index < -0.39 is 0 Å². The minimum absolute atomic E-state index is 0. The largest absolute Gasteiger partial charge is 0.492 e. The van der Waals surface area contributed by atoms with Crippen LogP contribution in [-0.2, 0) is 6.54 Å². The summed E-state index contributed by atoms with van der Waals surface area (Å²) in [7, 11) is 0. The number of hydrogen-bond donors (Lipinski definition) is 0. The second kappa shape index (κ2) is 10.5. The summed E-state index contributed by atoms with van der Waals surface area (Å²) >= 11 is 5.90. The molecule has 154 valence electrons. The fourth-order valence-corrected chi connectivity index (χ4v) is 3.46. The molecule has 1 saturated heterocycles. The first-order valence-electron chi connectivity index (χ1n) is 9.42. The highest BCUT2D eigenvalue weighted by atomic mass is 35.5. The molecule has 8 heteroatoms. The van der Waals surface area contributed by atoms with E-state index in [2.05, 4.69) is 15.0 Å². The normalized spacial score (nSPS) is 16.8. The lowest BCUT2D eigenvalue weighted by Crippen LogP contribution is -2.42. The third kappa shape index (κ3) is 6.10. The highest BCUT2D eigenvalue weighted by molar-refractivity contribution is 6.30. The number of halogens is 2. The van der Waals surface area contributed by atoms with Gasteiger partial charge in [0.25, 0.3) is 0 Å². The minimum atomic E-state index is 0. The van der Waals surface area contributed by atoms with Crippen molar-refractivity contribution in [1.82, 2.24) is 15.0 Å². The first-order chi connectivity index (χ1) is 13.8. The molecule has 0 N–H and O–H groups in total. The fraction of sp³-hybridized carbons (Fsp3) is 0.333. The van der Waals surface area contributed by atoms with Crippen LogP contribution in [0.3, 0.4) is 0 Å². The van der Waals surface area contributed by atoms with Gasteiger partial charge in [-0.1, -0.05) is 23.2 Å². The van der Waals surface area contributed by atoms with Gasteiger partial charge in [-0.2, -0.15) is 4.98 Å². The first-order valence-corrected chi connectivity index (χ1v) is 9.80. The summed E-state index contributed by atoms with van der Waals surface area (Å²) in [5, 5.41) is 4.37. The van der Waals surface area contributed by atoms with Crippen molar-refractivity contribution in [2.24, 2.45) is 0 Å². The summed E-state index contributed by atoms with van der Waals surface area (Å²) in [5.41, 5.74) is 0. The van der Waals surface area contributed by atoms with Crippen LogP contribution in [-0.4, -0.2) is 34.2 Å². The third-order valence-electron chi connectivity index (χ3n) is 4.81. The van der Waals surface area contributed by atoms with E-state index in [1.165, 1.54) is 19.2 Å². The van der Waals surface area contributed by atoms with Gasteiger partial charge in [0.15, 0.2) is 6.33 Å². The fourth-order valence-electron chi connectivity index (χ4n) is 3.33. The zero-order chi connectivity index (χ0) is 19.2. The molecule has 1 aliphatic heterocycles. The van der Waals surface area contributed by atoms with Crippen molar-refractivity contribution in [2.45, 2.75) is 31.8 Å². The number of benzene rings is 2. The molecule has 2 aromatic carbocycles. The van der Waals surface area contributed by atoms with Crippen molar-refractivity contribution in [3.05, 3.63) is 65.8 Å². The first kappa shape index (κ1) is 21.4. The summed E-state index contributed by atoms with van der Waals surface area (Å²) < 4.78 is 17.0. The highest BCUT2D eigenvalue weighted by Gasteiger charge is 2.24. The van der Waals surface area contributed by atoms with Gasteiger partial charge in [0.05, 0.1) is 6.54 Å². The number of nitrogens with zero attached hydrogens (tertiary/aromatic N) is 3. The van der Waals surface area contributed by atoms with Crippen molar-refractivity contribution in [3.8, 4) is 17.2 Å². The SMILES string of the molecule is Cl.Clc1ccc(Oc2ccc(OCC3CCCCN3Cc3ncno3)cc2)cc1. The summed E-state index contributed by atoms with van der Waals surface area (Å²) in [4.78, 5) is 6.49. The van der Waals surface area contributed by atoms with Gasteiger partial charge in [-0.15, -0.1) is 12.4 Å². The molecule has 0 bridgehead atoms. The number of rotatable bonds is 7. The highest BCUT2D eigenvalue weighted by Crippen LogP contribution is 2.26. The van der Waals surface area contributed by atoms with E-state index in [4.69, 9.17) is 25.6 Å². The molecule has 1 unspecified atom stereocenters. The lowest BCUT2D eigenvalue weighted by atomic mass is 10.0. The molecule has 0 amide bonds. The average Bonchev–Trinajstić information content (AvgIpc) is 3.23. The predicted octanol–water partition coefficient (Wildman–Crippen LogP) is 5.37. The molecule has 0 spiro atoms. The Morgan fingerprint density at radius 3 is 2.38 bits per heavy atom. The number of piperidine rings is 1. The van der Waals surface area contributed by atoms with Crippen molar-refractivity contribution in [2.75, 3.05) is 13.2 Å². The van der Waals surface area contributed by atoms with Crippen LogP contribution in [0.2, 0.25) is 5.02 Å². The molecular formula is C21H23Cl2N3O3. The summed E-state index contributed by atoms with van der Waals surface area (Å²) in [6.45, 7) is 2.32. The number of ether oxygens (including phenoxy) is 2. The van der Waals surface area contributed by atoms with Crippen LogP contribution in [0.5, 0.6) is 17.2 Å². The maximum Gasteiger partial charge on any atom is 0.240 e. The second-order valence-electron chi connectivity index (χ2n) is 6.79. The molecular weight excluding hydrogens is 413 g/mol. The molecule has 4 rings (SSSR count). The van der Waals surface area contributed by atoms with E-state index in [0.29, 0.717) is 30.1 Å². The van der Waals surface area contributed by atoms with Crippen LogP contribution in [0.15, 0.2) is 59.4 Å². The van der Waals surface area contributed by atoms with Crippen LogP contribution in [0.4, 0.5) is 0 Å². The van der Waals surface area contributed by atoms with E-state index in [-0.39, 0.29) is 12.4 Å². The molecule has 2 heterocycles. The quantitative estimate of drug-likeness (QED) is 0.496. The maximum atomic E-state index is 6.03. The topological polar surface area (TPSA) is 60.6 Å². The Kier molecular flexibility index (Phi) is 7.75. The Balaban J connectivity index is 0.00000240. The summed E-state index contributed by atoms with van der Waals surface area (Å²) in [6, 6.07) is 15.3. The molecule has 1 fully saturated rings. The van der Waals surface area contributed by atoms with Gasteiger partial charge in [-0.05, 0) is 67.9 Å². The van der Waals surface area contributed by atoms with Gasteiger partial charge in [-0.3, -0.25) is 4.90 Å². The van der Waals surface area contributed by atoms with Crippen LogP contribution < -0.4 is 9.47 Å². The molecule has 6 nitrogen and oxygen atoms in total. The molecule has 1 aromatic heterocycles. The van der Waals surface area contributed by atoms with Gasteiger partial charge >= 0.3 is 0 Å². The van der Waals surface area contributed by atoms with Crippen molar-refractivity contribution in [3.63, 3.8) is 0 Å². The maximum absolute atomic E-state index is 6.03. The smallest absolute Gasteiger partial charge is 0.240 e. The van der Waals surface area contributed by atoms with Crippen LogP contribution in [0, 0.1) is 0 Å². The van der Waals surface area contributed by atoms with E-state index in [1.807, 2.05) is 36.4 Å². The van der Waals surface area contributed by atoms with Gasteiger partial charge < -0.3 is 14.0 Å². The Morgan fingerprint density at radius 2 is 1.69 bits per heavy atom. The van der Waals surface area contributed by atoms with Gasteiger partial charge in [0.2, 0.25) is 5.89 Å². The number of hydrogen-bond acceptors (Lipinski definition) is 6. The third-order valence-corrected chi connectivity index (χ3v) is 5.06. The molecule has 0 aliphatic carbocycles. The standard InChI is InChI=1S/C21H22ClN3O3.ClH/c22-16-4-6-19(7-5-16)27-20-10-8-18(9-11-20)26-14-17-3-1-2-12-25(17)13-21-23-15-24-28-21;/h4-11,15,17H,1-3,12-14H2;1H. The number of aromatic nitrogens is 2. The Morgan fingerprint density at radius 1 is 1.00 bits per heavy atom. The van der Waals surface area contributed by atoms with E-state index in [1.54, 1.807) is 12.1 Å². The van der Waals surface area contributed by atoms with E-state index >= 15 is 0 Å². The summed E-state index contributed by atoms with van der Waals surface area (Å²) in [5.74, 6) is 2.98. The minimum Gasteiger partial charge on any atom is -0.492 e. The van der Waals surface area contributed by atoms with E-state index in [0.717, 1.165) is 30.2 Å². The van der Waals surface area contributed by atoms with Crippen LogP contribution >= 0.6 is 24.0 Å². The molecule has 1 aliphatic rings. The lowest BCUT2D eigenvalue weighted by Gasteiger charge is -2.34. The van der Waals surface area contributed by atoms with Crippen LogP contribution in [0.25, 0.3) is 0 Å². The number of likely N-dealkylation sites (tertiary alicyclic amines) is 1. The van der Waals surface area contributed by atoms with Gasteiger partial charge in [0.1, 0.15) is 23.9 Å². The van der Waals surface area contributed by atoms with Crippen molar-refractivity contribution < 1.29 is 14.0 Å². The summed E-state index contributed by atoms with van der Waals surface area (Å²) in [6.07, 6.45) is 4.94. The Bertz CT molecular complexity index is 858. The zero-order valence-corrected chi connectivity index (χ0v) is 17.4. The molecule has 1 atom stereocenters. The monoisotopic (exact) mass is 435 g/mol. The Hall–Kier alpha value is -2.28. The second-order valence-corrected chi connectivity index (χ2v) is 7.23. The van der Waals surface area contributed by atoms with Crippen molar-refractivity contribution in [1.29, 1.82) is 0 Å². The molecule has 29 heavy (non-hydrogen) atoms. The average molecular weight is 436 g/mol. The molecule has 0 saturated carbocycles. The predicted molar refractivity (Wildman–Crippen MR) is 113 cm³/mol. The Labute approximate surface area is 181 Å². The lowest BCUT2D eigenvalue weighted by molar-refractivity contribution is 0.0831. The van der Waals surface area contributed by atoms with Gasteiger partial charge in [-0.25, -0.2) is 0 Å². The molecule has 3 aromatic rings. The molecule has 0 radical (unpaired) electrons. The van der Waals surface area contributed by atoms with Crippen molar-refractivity contribution >= 4 is 24.0 Å². The van der Waals surface area contributed by atoms with Gasteiger partial charge in [0, 0.05) is 11.1 Å². The van der Waals surface area contributed by atoms with Crippen LogP contribution in [0.1, 0.15) is 25.2 Å². The van der Waals surface area contributed by atoms with E-state index in [9.17, 15) is 0 Å². The zero-order valence-electron chi connectivity index (χ0n) is 15.9.